The Morgan fingerprint density at radius 3 is 1.94 bits per heavy atom. The highest BCUT2D eigenvalue weighted by Gasteiger charge is 2.15. The monoisotopic (exact) mass is 424 g/mol. The SMILES string of the molecule is Cc1ccc(NC(=S)Nc2ccc3nc(-c4ccc[nH]4)c(-c4ccc[nH]4)nc3c2)cc1. The summed E-state index contributed by atoms with van der Waals surface area (Å²) in [5.41, 5.74) is 8.00. The zero-order valence-corrected chi connectivity index (χ0v) is 17.6. The number of aromatic nitrogens is 4. The number of H-pyrrole nitrogens is 2. The highest BCUT2D eigenvalue weighted by molar-refractivity contribution is 7.80. The number of nitrogens with zero attached hydrogens (tertiary/aromatic N) is 2. The van der Waals surface area contributed by atoms with Crippen LogP contribution < -0.4 is 10.6 Å². The van der Waals surface area contributed by atoms with E-state index in [-0.39, 0.29) is 0 Å². The molecule has 0 amide bonds. The fourth-order valence-electron chi connectivity index (χ4n) is 3.39. The molecule has 5 aromatic rings. The van der Waals surface area contributed by atoms with E-state index in [0.717, 1.165) is 45.2 Å². The molecule has 0 unspecified atom stereocenters. The molecule has 0 aliphatic heterocycles. The third-order valence-electron chi connectivity index (χ3n) is 4.94. The second kappa shape index (κ2) is 8.04. The molecule has 0 bridgehead atoms. The van der Waals surface area contributed by atoms with E-state index in [1.54, 1.807) is 0 Å². The van der Waals surface area contributed by atoms with Gasteiger partial charge in [-0.15, -0.1) is 0 Å². The first-order chi connectivity index (χ1) is 15.2. The van der Waals surface area contributed by atoms with E-state index in [0.29, 0.717) is 5.11 Å². The predicted molar refractivity (Wildman–Crippen MR) is 130 cm³/mol. The van der Waals surface area contributed by atoms with Gasteiger partial charge in [0.1, 0.15) is 11.4 Å². The topological polar surface area (TPSA) is 81.4 Å². The minimum Gasteiger partial charge on any atom is -0.360 e. The van der Waals surface area contributed by atoms with Crippen molar-refractivity contribution in [1.82, 2.24) is 19.9 Å². The number of aryl methyl sites for hydroxylation is 1. The van der Waals surface area contributed by atoms with Crippen LogP contribution in [0.3, 0.4) is 0 Å². The quantitative estimate of drug-likeness (QED) is 0.277. The minimum absolute atomic E-state index is 0.517. The Kier molecular flexibility index (Phi) is 4.93. The van der Waals surface area contributed by atoms with Crippen LogP contribution >= 0.6 is 12.2 Å². The number of aromatic amines is 2. The molecule has 152 valence electrons. The standard InChI is InChI=1S/C24H20N6S/c1-15-6-8-16(9-7-15)27-24(31)28-17-10-11-18-21(14-17)30-23(20-5-3-13-26-20)22(29-18)19-4-2-12-25-19/h2-14,25-26H,1H3,(H2,27,28,31). The summed E-state index contributed by atoms with van der Waals surface area (Å²) in [4.78, 5) is 16.3. The molecule has 0 saturated carbocycles. The molecule has 7 heteroatoms. The Morgan fingerprint density at radius 2 is 1.32 bits per heavy atom. The molecule has 0 aliphatic carbocycles. The summed E-state index contributed by atoms with van der Waals surface area (Å²) < 4.78 is 0. The Hall–Kier alpha value is -3.97. The first-order valence-corrected chi connectivity index (χ1v) is 10.3. The lowest BCUT2D eigenvalue weighted by Crippen LogP contribution is -2.19. The van der Waals surface area contributed by atoms with Crippen molar-refractivity contribution in [3.63, 3.8) is 0 Å². The van der Waals surface area contributed by atoms with Crippen molar-refractivity contribution in [1.29, 1.82) is 0 Å². The predicted octanol–water partition coefficient (Wildman–Crippen LogP) is 5.74. The summed E-state index contributed by atoms with van der Waals surface area (Å²) >= 11 is 5.47. The van der Waals surface area contributed by atoms with Gasteiger partial charge in [-0.05, 0) is 73.7 Å². The summed E-state index contributed by atoms with van der Waals surface area (Å²) in [5.74, 6) is 0. The van der Waals surface area contributed by atoms with Crippen LogP contribution in [0, 0.1) is 6.92 Å². The molecule has 2 aromatic carbocycles. The van der Waals surface area contributed by atoms with Gasteiger partial charge in [0.25, 0.3) is 0 Å². The summed E-state index contributed by atoms with van der Waals surface area (Å²) in [5, 5.41) is 6.95. The van der Waals surface area contributed by atoms with Gasteiger partial charge in [-0.3, -0.25) is 0 Å². The molecule has 31 heavy (non-hydrogen) atoms. The van der Waals surface area contributed by atoms with Crippen LogP contribution in [-0.2, 0) is 0 Å². The van der Waals surface area contributed by atoms with Crippen molar-refractivity contribution >= 4 is 39.7 Å². The lowest BCUT2D eigenvalue weighted by atomic mass is 10.1. The zero-order chi connectivity index (χ0) is 21.2. The molecule has 3 aromatic heterocycles. The number of anilines is 2. The molecule has 0 radical (unpaired) electrons. The molecular formula is C24H20N6S. The van der Waals surface area contributed by atoms with Crippen LogP contribution in [-0.4, -0.2) is 25.0 Å². The first kappa shape index (κ1) is 19.0. The summed E-state index contributed by atoms with van der Waals surface area (Å²) in [6.07, 6.45) is 3.77. The zero-order valence-electron chi connectivity index (χ0n) is 16.8. The van der Waals surface area contributed by atoms with Crippen LogP contribution in [0.1, 0.15) is 5.56 Å². The van der Waals surface area contributed by atoms with Gasteiger partial charge in [0.15, 0.2) is 5.11 Å². The van der Waals surface area contributed by atoms with Crippen molar-refractivity contribution in [2.24, 2.45) is 0 Å². The van der Waals surface area contributed by atoms with Crippen molar-refractivity contribution < 1.29 is 0 Å². The second-order valence-corrected chi connectivity index (χ2v) is 7.65. The lowest BCUT2D eigenvalue weighted by molar-refractivity contribution is 1.24. The smallest absolute Gasteiger partial charge is 0.175 e. The molecule has 0 saturated heterocycles. The molecule has 6 nitrogen and oxygen atoms in total. The number of hydrogen-bond donors (Lipinski definition) is 4. The van der Waals surface area contributed by atoms with E-state index in [4.69, 9.17) is 22.2 Å². The number of benzene rings is 2. The molecule has 4 N–H and O–H groups in total. The largest absolute Gasteiger partial charge is 0.360 e. The Balaban J connectivity index is 1.47. The maximum atomic E-state index is 5.47. The van der Waals surface area contributed by atoms with E-state index in [2.05, 4.69) is 27.5 Å². The maximum absolute atomic E-state index is 5.47. The van der Waals surface area contributed by atoms with E-state index < -0.39 is 0 Å². The Labute approximate surface area is 184 Å². The van der Waals surface area contributed by atoms with Gasteiger partial charge in [0.2, 0.25) is 0 Å². The fourth-order valence-corrected chi connectivity index (χ4v) is 3.63. The van der Waals surface area contributed by atoms with E-state index in [9.17, 15) is 0 Å². The molecule has 0 fully saturated rings. The third-order valence-corrected chi connectivity index (χ3v) is 5.14. The first-order valence-electron chi connectivity index (χ1n) is 9.90. The van der Waals surface area contributed by atoms with Crippen LogP contribution in [0.15, 0.2) is 79.1 Å². The Morgan fingerprint density at radius 1 is 0.742 bits per heavy atom. The number of hydrogen-bond acceptors (Lipinski definition) is 3. The van der Waals surface area contributed by atoms with Crippen LogP contribution in [0.2, 0.25) is 0 Å². The lowest BCUT2D eigenvalue weighted by Gasteiger charge is -2.12. The van der Waals surface area contributed by atoms with Crippen molar-refractivity contribution in [3.05, 3.63) is 84.7 Å². The normalized spacial score (nSPS) is 10.9. The Bertz CT molecular complexity index is 1340. The van der Waals surface area contributed by atoms with Gasteiger partial charge in [0, 0.05) is 23.8 Å². The fraction of sp³-hybridized carbons (Fsp3) is 0.0417. The van der Waals surface area contributed by atoms with E-state index in [1.807, 2.05) is 79.1 Å². The third kappa shape index (κ3) is 4.04. The molecule has 0 aliphatic rings. The van der Waals surface area contributed by atoms with Crippen molar-refractivity contribution in [2.75, 3.05) is 10.6 Å². The minimum atomic E-state index is 0.517. The summed E-state index contributed by atoms with van der Waals surface area (Å²) in [6, 6.07) is 21.8. The highest BCUT2D eigenvalue weighted by Crippen LogP contribution is 2.30. The average Bonchev–Trinajstić information content (AvgIpc) is 3.49. The van der Waals surface area contributed by atoms with Gasteiger partial charge in [-0.1, -0.05) is 17.7 Å². The second-order valence-electron chi connectivity index (χ2n) is 7.24. The molecule has 3 heterocycles. The summed E-state index contributed by atoms with van der Waals surface area (Å²) in [7, 11) is 0. The van der Waals surface area contributed by atoms with Crippen LogP contribution in [0.5, 0.6) is 0 Å². The van der Waals surface area contributed by atoms with Gasteiger partial charge < -0.3 is 20.6 Å². The highest BCUT2D eigenvalue weighted by atomic mass is 32.1. The molecule has 0 atom stereocenters. The van der Waals surface area contributed by atoms with E-state index in [1.165, 1.54) is 5.56 Å². The number of thiocarbonyl (C=S) groups is 1. The summed E-state index contributed by atoms with van der Waals surface area (Å²) in [6.45, 7) is 2.05. The van der Waals surface area contributed by atoms with Crippen LogP contribution in [0.4, 0.5) is 11.4 Å². The van der Waals surface area contributed by atoms with Crippen molar-refractivity contribution in [3.8, 4) is 22.8 Å². The number of nitrogens with one attached hydrogen (secondary N) is 4. The van der Waals surface area contributed by atoms with Gasteiger partial charge in [-0.2, -0.15) is 0 Å². The molecule has 5 rings (SSSR count). The number of fused-ring (bicyclic) bond motifs is 1. The molecular weight excluding hydrogens is 404 g/mol. The van der Waals surface area contributed by atoms with Gasteiger partial charge in [-0.25, -0.2) is 9.97 Å². The van der Waals surface area contributed by atoms with E-state index >= 15 is 0 Å². The van der Waals surface area contributed by atoms with Crippen LogP contribution in [0.25, 0.3) is 33.8 Å². The van der Waals surface area contributed by atoms with Crippen molar-refractivity contribution in [2.45, 2.75) is 6.92 Å². The maximum Gasteiger partial charge on any atom is 0.175 e. The molecule has 0 spiro atoms. The average molecular weight is 425 g/mol. The van der Waals surface area contributed by atoms with Gasteiger partial charge in [0.05, 0.1) is 22.4 Å². The van der Waals surface area contributed by atoms with Gasteiger partial charge >= 0.3 is 0 Å². The number of rotatable bonds is 4.